The summed E-state index contributed by atoms with van der Waals surface area (Å²) >= 11 is 3.34. The number of nitrogens with two attached hydrogens (primary N) is 1. The number of nitriles is 1. The molecular formula is C10H7BrN4. The molecule has 0 aliphatic carbocycles. The van der Waals surface area contributed by atoms with E-state index in [1.165, 1.54) is 6.20 Å². The van der Waals surface area contributed by atoms with Gasteiger partial charge in [-0.05, 0) is 12.1 Å². The summed E-state index contributed by atoms with van der Waals surface area (Å²) in [5, 5.41) is 12.9. The fraction of sp³-hybridized carbons (Fsp3) is 0. The Bertz CT molecular complexity index is 521. The predicted molar refractivity (Wildman–Crippen MR) is 60.2 cm³/mol. The van der Waals surface area contributed by atoms with E-state index in [0.29, 0.717) is 11.3 Å². The Balaban J connectivity index is 2.54. The molecule has 0 spiro atoms. The number of nitrogens with zero attached hydrogens (tertiary/aromatic N) is 3. The molecule has 0 radical (unpaired) electrons. The molecule has 2 aromatic rings. The zero-order valence-corrected chi connectivity index (χ0v) is 9.27. The van der Waals surface area contributed by atoms with Gasteiger partial charge in [0.2, 0.25) is 0 Å². The van der Waals surface area contributed by atoms with Gasteiger partial charge in [-0.2, -0.15) is 15.2 Å². The van der Waals surface area contributed by atoms with Crippen molar-refractivity contribution in [1.29, 1.82) is 5.26 Å². The minimum atomic E-state index is 0.472. The summed E-state index contributed by atoms with van der Waals surface area (Å²) in [7, 11) is 0. The van der Waals surface area contributed by atoms with Crippen LogP contribution in [0.25, 0.3) is 11.3 Å². The van der Waals surface area contributed by atoms with Crippen LogP contribution in [-0.4, -0.2) is 9.89 Å². The monoisotopic (exact) mass is 262 g/mol. The van der Waals surface area contributed by atoms with Crippen LogP contribution in [0.2, 0.25) is 0 Å². The van der Waals surface area contributed by atoms with E-state index in [2.05, 4.69) is 27.1 Å². The van der Waals surface area contributed by atoms with Crippen molar-refractivity contribution in [2.75, 3.05) is 5.84 Å². The van der Waals surface area contributed by atoms with Crippen LogP contribution in [0.15, 0.2) is 34.9 Å². The molecule has 0 fully saturated rings. The molecule has 0 unspecified atom stereocenters. The maximum Gasteiger partial charge on any atom is 0.112 e. The molecule has 0 amide bonds. The second-order valence-corrected chi connectivity index (χ2v) is 3.91. The van der Waals surface area contributed by atoms with Crippen LogP contribution in [0, 0.1) is 11.3 Å². The Morgan fingerprint density at radius 1 is 1.33 bits per heavy atom. The van der Waals surface area contributed by atoms with Gasteiger partial charge in [0.1, 0.15) is 17.3 Å². The largest absolute Gasteiger partial charge is 0.323 e. The van der Waals surface area contributed by atoms with Gasteiger partial charge in [-0.25, -0.2) is 0 Å². The molecule has 0 aliphatic heterocycles. The van der Waals surface area contributed by atoms with Gasteiger partial charge >= 0.3 is 0 Å². The van der Waals surface area contributed by atoms with Crippen LogP contribution in [0.4, 0.5) is 0 Å². The van der Waals surface area contributed by atoms with E-state index >= 15 is 0 Å². The first-order valence-corrected chi connectivity index (χ1v) is 5.01. The van der Waals surface area contributed by atoms with Crippen molar-refractivity contribution >= 4 is 15.9 Å². The Hall–Kier alpha value is -1.80. The van der Waals surface area contributed by atoms with E-state index in [1.807, 2.05) is 24.3 Å². The highest BCUT2D eigenvalue weighted by molar-refractivity contribution is 9.10. The maximum atomic E-state index is 8.88. The molecule has 5 heteroatoms. The highest BCUT2D eigenvalue weighted by Crippen LogP contribution is 2.22. The van der Waals surface area contributed by atoms with Crippen molar-refractivity contribution in [3.8, 4) is 17.3 Å². The molecule has 0 bridgehead atoms. The molecule has 0 saturated heterocycles. The van der Waals surface area contributed by atoms with Crippen molar-refractivity contribution in [1.82, 2.24) is 9.89 Å². The quantitative estimate of drug-likeness (QED) is 0.799. The lowest BCUT2D eigenvalue weighted by atomic mass is 10.1. The fourth-order valence-corrected chi connectivity index (χ4v) is 1.56. The second-order valence-electron chi connectivity index (χ2n) is 2.99. The average molecular weight is 263 g/mol. The van der Waals surface area contributed by atoms with Gasteiger partial charge in [0.15, 0.2) is 0 Å². The molecule has 2 rings (SSSR count). The third-order valence-corrected chi connectivity index (χ3v) is 2.50. The van der Waals surface area contributed by atoms with Crippen LogP contribution in [0.1, 0.15) is 5.56 Å². The van der Waals surface area contributed by atoms with Gasteiger partial charge in [-0.15, -0.1) is 0 Å². The summed E-state index contributed by atoms with van der Waals surface area (Å²) in [6.07, 6.45) is 1.50. The lowest BCUT2D eigenvalue weighted by Gasteiger charge is -1.97. The van der Waals surface area contributed by atoms with Crippen LogP contribution in [0.3, 0.4) is 0 Å². The van der Waals surface area contributed by atoms with Gasteiger partial charge in [0, 0.05) is 10.0 Å². The molecular weight excluding hydrogens is 256 g/mol. The molecule has 2 N–H and O–H groups in total. The number of hydrogen-bond donors (Lipinski definition) is 1. The maximum absolute atomic E-state index is 8.88. The van der Waals surface area contributed by atoms with Gasteiger partial charge in [0.05, 0.1) is 6.20 Å². The van der Waals surface area contributed by atoms with Crippen LogP contribution >= 0.6 is 15.9 Å². The van der Waals surface area contributed by atoms with Crippen molar-refractivity contribution in [2.24, 2.45) is 0 Å². The second kappa shape index (κ2) is 3.75. The third kappa shape index (κ3) is 1.85. The first-order valence-electron chi connectivity index (χ1n) is 4.21. The molecule has 74 valence electrons. The fourth-order valence-electron chi connectivity index (χ4n) is 1.29. The van der Waals surface area contributed by atoms with E-state index < -0.39 is 0 Å². The molecule has 1 aromatic carbocycles. The SMILES string of the molecule is N#Cc1cn(N)nc1-c1ccc(Br)cc1. The van der Waals surface area contributed by atoms with Crippen molar-refractivity contribution in [3.05, 3.63) is 40.5 Å². The smallest absolute Gasteiger partial charge is 0.112 e. The van der Waals surface area contributed by atoms with E-state index in [1.54, 1.807) is 0 Å². The number of halogens is 1. The number of nitrogen functional groups attached to an aromatic ring is 1. The number of rotatable bonds is 1. The molecule has 0 atom stereocenters. The predicted octanol–water partition coefficient (Wildman–Crippen LogP) is 1.90. The standard InChI is InChI=1S/C10H7BrN4/c11-9-3-1-7(2-4-9)10-8(5-12)6-15(13)14-10/h1-4,6H,13H2. The summed E-state index contributed by atoms with van der Waals surface area (Å²) in [5.74, 6) is 5.47. The normalized spacial score (nSPS) is 9.87. The number of hydrogen-bond acceptors (Lipinski definition) is 3. The Kier molecular flexibility index (Phi) is 2.44. The Labute approximate surface area is 95.0 Å². The zero-order valence-electron chi connectivity index (χ0n) is 7.68. The van der Waals surface area contributed by atoms with E-state index in [-0.39, 0.29) is 0 Å². The highest BCUT2D eigenvalue weighted by Gasteiger charge is 2.09. The van der Waals surface area contributed by atoms with Gasteiger partial charge in [0.25, 0.3) is 0 Å². The van der Waals surface area contributed by atoms with E-state index in [4.69, 9.17) is 11.1 Å². The van der Waals surface area contributed by atoms with Crippen molar-refractivity contribution in [2.45, 2.75) is 0 Å². The summed E-state index contributed by atoms with van der Waals surface area (Å²) in [4.78, 5) is 1.15. The van der Waals surface area contributed by atoms with E-state index in [9.17, 15) is 0 Å². The van der Waals surface area contributed by atoms with Crippen LogP contribution < -0.4 is 5.84 Å². The first kappa shape index (κ1) is 9.74. The van der Waals surface area contributed by atoms with Crippen LogP contribution in [0.5, 0.6) is 0 Å². The minimum absolute atomic E-state index is 0.472. The lowest BCUT2D eigenvalue weighted by Crippen LogP contribution is -2.07. The highest BCUT2D eigenvalue weighted by atomic mass is 79.9. The van der Waals surface area contributed by atoms with Crippen molar-refractivity contribution in [3.63, 3.8) is 0 Å². The van der Waals surface area contributed by atoms with Crippen LogP contribution in [-0.2, 0) is 0 Å². The minimum Gasteiger partial charge on any atom is -0.323 e. The molecule has 1 heterocycles. The van der Waals surface area contributed by atoms with Gasteiger partial charge < -0.3 is 5.84 Å². The summed E-state index contributed by atoms with van der Waals surface area (Å²) < 4.78 is 0.983. The first-order chi connectivity index (χ1) is 7.20. The third-order valence-electron chi connectivity index (χ3n) is 1.97. The number of benzene rings is 1. The van der Waals surface area contributed by atoms with E-state index in [0.717, 1.165) is 14.8 Å². The topological polar surface area (TPSA) is 67.6 Å². The summed E-state index contributed by atoms with van der Waals surface area (Å²) in [5.41, 5.74) is 1.95. The summed E-state index contributed by atoms with van der Waals surface area (Å²) in [6.45, 7) is 0. The molecule has 0 saturated carbocycles. The van der Waals surface area contributed by atoms with Gasteiger partial charge in [-0.1, -0.05) is 28.1 Å². The Morgan fingerprint density at radius 2 is 2.00 bits per heavy atom. The summed E-state index contributed by atoms with van der Waals surface area (Å²) in [6, 6.07) is 9.61. The number of aromatic nitrogens is 2. The lowest BCUT2D eigenvalue weighted by molar-refractivity contribution is 0.835. The Morgan fingerprint density at radius 3 is 2.60 bits per heavy atom. The zero-order chi connectivity index (χ0) is 10.8. The molecule has 0 aliphatic rings. The average Bonchev–Trinajstić information content (AvgIpc) is 2.61. The molecule has 4 nitrogen and oxygen atoms in total. The molecule has 15 heavy (non-hydrogen) atoms. The molecule has 1 aromatic heterocycles. The van der Waals surface area contributed by atoms with Gasteiger partial charge in [-0.3, -0.25) is 0 Å². The van der Waals surface area contributed by atoms with Crippen molar-refractivity contribution < 1.29 is 0 Å².